The summed E-state index contributed by atoms with van der Waals surface area (Å²) in [4.78, 5) is 16.6. The first kappa shape index (κ1) is 26.3. The number of amides is 1. The Hall–Kier alpha value is -2.33. The lowest BCUT2D eigenvalue weighted by molar-refractivity contribution is -0.116. The minimum absolute atomic E-state index is 0.0752. The summed E-state index contributed by atoms with van der Waals surface area (Å²) in [5.74, 6) is 0.293. The van der Waals surface area contributed by atoms with E-state index in [1.807, 2.05) is 26.2 Å². The minimum atomic E-state index is -3.79. The van der Waals surface area contributed by atoms with Crippen molar-refractivity contribution in [2.45, 2.75) is 43.9 Å². The smallest absolute Gasteiger partial charge is 0.263 e. The van der Waals surface area contributed by atoms with Gasteiger partial charge >= 0.3 is 0 Å². The molecule has 0 radical (unpaired) electrons. The molecule has 3 rings (SSSR count). The van der Waals surface area contributed by atoms with Crippen molar-refractivity contribution < 1.29 is 17.9 Å². The SMILES string of the molecule is CC(C)(C)c1csc(NS(=O)(=O)c2ccc(NC(=O)CCCOc3ccc(Cl)cc3Cl)cc2)n1. The van der Waals surface area contributed by atoms with Gasteiger partial charge in [0.05, 0.1) is 22.2 Å². The predicted molar refractivity (Wildman–Crippen MR) is 138 cm³/mol. The van der Waals surface area contributed by atoms with Gasteiger partial charge in [0, 0.05) is 27.9 Å². The van der Waals surface area contributed by atoms with E-state index in [0.29, 0.717) is 39.6 Å². The molecule has 0 atom stereocenters. The van der Waals surface area contributed by atoms with Gasteiger partial charge in [0.15, 0.2) is 5.13 Å². The number of thiazole rings is 1. The van der Waals surface area contributed by atoms with Crippen molar-refractivity contribution in [3.05, 3.63) is 63.6 Å². The molecule has 2 aromatic carbocycles. The summed E-state index contributed by atoms with van der Waals surface area (Å²) in [7, 11) is -3.79. The number of hydrogen-bond acceptors (Lipinski definition) is 6. The number of anilines is 2. The van der Waals surface area contributed by atoms with E-state index in [1.165, 1.54) is 23.5 Å². The standard InChI is InChI=1S/C23H25Cl2N3O4S2/c1-23(2,3)20-14-33-22(27-20)28-34(30,31)17-9-7-16(8-10-17)26-21(29)5-4-12-32-19-11-6-15(24)13-18(19)25/h6-11,13-14H,4-5,12H2,1-3H3,(H,26,29)(H,27,28). The molecule has 0 bridgehead atoms. The fourth-order valence-electron chi connectivity index (χ4n) is 2.79. The van der Waals surface area contributed by atoms with E-state index in [9.17, 15) is 13.2 Å². The fraction of sp³-hybridized carbons (Fsp3) is 0.304. The molecule has 7 nitrogen and oxygen atoms in total. The molecule has 0 unspecified atom stereocenters. The number of hydrogen-bond donors (Lipinski definition) is 2. The zero-order chi connectivity index (χ0) is 24.9. The minimum Gasteiger partial charge on any atom is -0.492 e. The van der Waals surface area contributed by atoms with Crippen LogP contribution in [0.3, 0.4) is 0 Å². The summed E-state index contributed by atoms with van der Waals surface area (Å²) in [6.07, 6.45) is 0.707. The van der Waals surface area contributed by atoms with Crippen LogP contribution < -0.4 is 14.8 Å². The molecule has 0 aliphatic carbocycles. The first-order chi connectivity index (χ1) is 15.9. The summed E-state index contributed by atoms with van der Waals surface area (Å²) < 4.78 is 33.4. The highest BCUT2D eigenvalue weighted by Gasteiger charge is 2.21. The number of carbonyl (C=O) groups is 1. The van der Waals surface area contributed by atoms with Gasteiger partial charge in [0.1, 0.15) is 5.75 Å². The molecule has 0 aliphatic heterocycles. The van der Waals surface area contributed by atoms with Crippen molar-refractivity contribution in [2.75, 3.05) is 16.6 Å². The molecule has 0 fully saturated rings. The summed E-state index contributed by atoms with van der Waals surface area (Å²) in [5, 5.41) is 5.82. The zero-order valence-electron chi connectivity index (χ0n) is 18.9. The van der Waals surface area contributed by atoms with Gasteiger partial charge in [0.25, 0.3) is 10.0 Å². The van der Waals surface area contributed by atoms with Crippen LogP contribution in [0.1, 0.15) is 39.3 Å². The van der Waals surface area contributed by atoms with Crippen LogP contribution >= 0.6 is 34.5 Å². The lowest BCUT2D eigenvalue weighted by Gasteiger charge is -2.14. The van der Waals surface area contributed by atoms with Crippen LogP contribution in [-0.4, -0.2) is 25.9 Å². The first-order valence-electron chi connectivity index (χ1n) is 10.4. The Labute approximate surface area is 213 Å². The Bertz CT molecular complexity index is 1250. The zero-order valence-corrected chi connectivity index (χ0v) is 22.0. The highest BCUT2D eigenvalue weighted by Crippen LogP contribution is 2.29. The van der Waals surface area contributed by atoms with Gasteiger partial charge in [-0.25, -0.2) is 13.4 Å². The van der Waals surface area contributed by atoms with Gasteiger partial charge < -0.3 is 10.1 Å². The molecule has 1 amide bonds. The number of rotatable bonds is 9. The maximum atomic E-state index is 12.7. The Morgan fingerprint density at radius 3 is 2.44 bits per heavy atom. The molecular weight excluding hydrogens is 517 g/mol. The number of benzene rings is 2. The Balaban J connectivity index is 1.49. The average molecular weight is 543 g/mol. The van der Waals surface area contributed by atoms with Gasteiger partial charge in [-0.2, -0.15) is 0 Å². The quantitative estimate of drug-likeness (QED) is 0.307. The van der Waals surface area contributed by atoms with Crippen LogP contribution in [0.15, 0.2) is 52.7 Å². The van der Waals surface area contributed by atoms with Crippen LogP contribution in [0.2, 0.25) is 10.0 Å². The van der Waals surface area contributed by atoms with Crippen molar-refractivity contribution in [3.8, 4) is 5.75 Å². The summed E-state index contributed by atoms with van der Waals surface area (Å²) in [6.45, 7) is 6.34. The van der Waals surface area contributed by atoms with Crippen LogP contribution in [0.5, 0.6) is 5.75 Å². The number of sulfonamides is 1. The predicted octanol–water partition coefficient (Wildman–Crippen LogP) is 6.35. The van der Waals surface area contributed by atoms with Crippen LogP contribution in [0, 0.1) is 0 Å². The number of halogens is 2. The van der Waals surface area contributed by atoms with Crippen molar-refractivity contribution in [3.63, 3.8) is 0 Å². The fourth-order valence-corrected chi connectivity index (χ4v) is 5.44. The molecular formula is C23H25Cl2N3O4S2. The number of carbonyl (C=O) groups excluding carboxylic acids is 1. The molecule has 0 spiro atoms. The lowest BCUT2D eigenvalue weighted by atomic mass is 9.93. The van der Waals surface area contributed by atoms with Crippen LogP contribution in [-0.2, 0) is 20.2 Å². The van der Waals surface area contributed by atoms with Gasteiger partial charge in [-0.05, 0) is 48.9 Å². The van der Waals surface area contributed by atoms with Gasteiger partial charge in [0.2, 0.25) is 5.91 Å². The summed E-state index contributed by atoms with van der Waals surface area (Å²) >= 11 is 13.1. The average Bonchev–Trinajstić information content (AvgIpc) is 3.21. The third kappa shape index (κ3) is 7.33. The Morgan fingerprint density at radius 1 is 1.12 bits per heavy atom. The third-order valence-electron chi connectivity index (χ3n) is 4.64. The molecule has 1 aromatic heterocycles. The molecule has 0 saturated heterocycles. The van der Waals surface area contributed by atoms with E-state index in [0.717, 1.165) is 5.69 Å². The van der Waals surface area contributed by atoms with Crippen molar-refractivity contribution in [2.24, 2.45) is 0 Å². The van der Waals surface area contributed by atoms with E-state index in [2.05, 4.69) is 15.0 Å². The number of nitrogens with one attached hydrogen (secondary N) is 2. The van der Waals surface area contributed by atoms with Crippen LogP contribution in [0.4, 0.5) is 10.8 Å². The highest BCUT2D eigenvalue weighted by molar-refractivity contribution is 7.93. The Morgan fingerprint density at radius 2 is 1.82 bits per heavy atom. The monoisotopic (exact) mass is 541 g/mol. The number of ether oxygens (including phenoxy) is 1. The summed E-state index contributed by atoms with van der Waals surface area (Å²) in [6, 6.07) is 10.9. The van der Waals surface area contributed by atoms with Gasteiger partial charge in [-0.1, -0.05) is 44.0 Å². The molecule has 0 aliphatic rings. The van der Waals surface area contributed by atoms with Crippen molar-refractivity contribution in [1.82, 2.24) is 4.98 Å². The normalized spacial score (nSPS) is 11.8. The molecule has 34 heavy (non-hydrogen) atoms. The highest BCUT2D eigenvalue weighted by atomic mass is 35.5. The van der Waals surface area contributed by atoms with E-state index in [-0.39, 0.29) is 22.6 Å². The first-order valence-corrected chi connectivity index (χ1v) is 13.5. The lowest BCUT2D eigenvalue weighted by Crippen LogP contribution is -2.15. The molecule has 3 aromatic rings. The molecule has 1 heterocycles. The van der Waals surface area contributed by atoms with Crippen molar-refractivity contribution >= 4 is 61.3 Å². The second-order valence-electron chi connectivity index (χ2n) is 8.49. The second kappa shape index (κ2) is 10.9. The van der Waals surface area contributed by atoms with Crippen molar-refractivity contribution in [1.29, 1.82) is 0 Å². The van der Waals surface area contributed by atoms with Gasteiger partial charge in [-0.3, -0.25) is 9.52 Å². The van der Waals surface area contributed by atoms with E-state index < -0.39 is 10.0 Å². The van der Waals surface area contributed by atoms with Crippen LogP contribution in [0.25, 0.3) is 0 Å². The molecule has 182 valence electrons. The summed E-state index contributed by atoms with van der Waals surface area (Å²) in [5.41, 5.74) is 1.14. The molecule has 2 N–H and O–H groups in total. The number of aromatic nitrogens is 1. The van der Waals surface area contributed by atoms with E-state index >= 15 is 0 Å². The maximum Gasteiger partial charge on any atom is 0.263 e. The maximum absolute atomic E-state index is 12.7. The topological polar surface area (TPSA) is 97.4 Å². The van der Waals surface area contributed by atoms with E-state index in [1.54, 1.807) is 30.3 Å². The second-order valence-corrected chi connectivity index (χ2v) is 11.9. The largest absolute Gasteiger partial charge is 0.492 e. The van der Waals surface area contributed by atoms with E-state index in [4.69, 9.17) is 27.9 Å². The van der Waals surface area contributed by atoms with Gasteiger partial charge in [-0.15, -0.1) is 11.3 Å². The number of nitrogens with zero attached hydrogens (tertiary/aromatic N) is 1. The molecule has 11 heteroatoms. The Kier molecular flexibility index (Phi) is 8.46. The third-order valence-corrected chi connectivity index (χ3v) is 7.41. The molecule has 0 saturated carbocycles.